The van der Waals surface area contributed by atoms with E-state index in [0.717, 1.165) is 0 Å². The zero-order valence-electron chi connectivity index (χ0n) is 9.42. The summed E-state index contributed by atoms with van der Waals surface area (Å²) in [6, 6.07) is 0. The van der Waals surface area contributed by atoms with Gasteiger partial charge in [0.15, 0.2) is 0 Å². The Balaban J connectivity index is 2.47. The van der Waals surface area contributed by atoms with Crippen molar-refractivity contribution in [2.24, 2.45) is 5.92 Å². The third-order valence-electron chi connectivity index (χ3n) is 2.50. The number of alkyl halides is 3. The number of amides is 1. The first-order valence-electron chi connectivity index (χ1n) is 5.39. The lowest BCUT2D eigenvalue weighted by Crippen LogP contribution is -2.40. The van der Waals surface area contributed by atoms with Gasteiger partial charge in [-0.15, -0.1) is 0 Å². The molecule has 0 N–H and O–H groups in total. The summed E-state index contributed by atoms with van der Waals surface area (Å²) < 4.78 is 41.2. The number of hydrogen-bond donors (Lipinski definition) is 0. The molecule has 1 atom stereocenters. The highest BCUT2D eigenvalue weighted by Gasteiger charge is 2.45. The number of carbonyl (C=O) groups excluding carboxylic acids is 2. The van der Waals surface area contributed by atoms with Gasteiger partial charge in [-0.05, 0) is 12.8 Å². The summed E-state index contributed by atoms with van der Waals surface area (Å²) in [5.74, 6) is -3.04. The van der Waals surface area contributed by atoms with E-state index in [4.69, 9.17) is 4.74 Å². The zero-order chi connectivity index (χ0) is 13.1. The molecule has 1 aliphatic rings. The van der Waals surface area contributed by atoms with Crippen molar-refractivity contribution in [2.75, 3.05) is 19.7 Å². The van der Waals surface area contributed by atoms with Crippen molar-refractivity contribution >= 4 is 11.9 Å². The van der Waals surface area contributed by atoms with Crippen molar-refractivity contribution in [3.8, 4) is 0 Å². The summed E-state index contributed by atoms with van der Waals surface area (Å²) in [5, 5.41) is 0. The van der Waals surface area contributed by atoms with Crippen LogP contribution in [0.5, 0.6) is 0 Å². The number of esters is 1. The molecule has 1 unspecified atom stereocenters. The van der Waals surface area contributed by atoms with Gasteiger partial charge in [-0.25, -0.2) is 0 Å². The van der Waals surface area contributed by atoms with Gasteiger partial charge in [0.1, 0.15) is 0 Å². The summed E-state index contributed by atoms with van der Waals surface area (Å²) in [4.78, 5) is 22.9. The summed E-state index contributed by atoms with van der Waals surface area (Å²) in [6.45, 7) is 1.81. The molecule has 0 aliphatic carbocycles. The van der Waals surface area contributed by atoms with Crippen LogP contribution in [-0.4, -0.2) is 42.6 Å². The largest absolute Gasteiger partial charge is 0.471 e. The second-order valence-corrected chi connectivity index (χ2v) is 3.90. The maximum absolute atomic E-state index is 12.1. The Morgan fingerprint density at radius 1 is 1.41 bits per heavy atom. The van der Waals surface area contributed by atoms with Crippen molar-refractivity contribution in [3.63, 3.8) is 0 Å². The fraction of sp³-hybridized carbons (Fsp3) is 0.800. The van der Waals surface area contributed by atoms with E-state index < -0.39 is 24.0 Å². The van der Waals surface area contributed by atoms with Crippen LogP contribution in [0.2, 0.25) is 0 Å². The van der Waals surface area contributed by atoms with Crippen LogP contribution in [0.1, 0.15) is 19.8 Å². The van der Waals surface area contributed by atoms with E-state index in [1.165, 1.54) is 0 Å². The molecule has 0 saturated carbocycles. The summed E-state index contributed by atoms with van der Waals surface area (Å²) >= 11 is 0. The number of rotatable bonds is 3. The minimum atomic E-state index is -4.87. The van der Waals surface area contributed by atoms with Crippen LogP contribution in [0, 0.1) is 5.92 Å². The minimum Gasteiger partial charge on any atom is -0.465 e. The van der Waals surface area contributed by atoms with Gasteiger partial charge in [-0.1, -0.05) is 6.92 Å². The number of halogens is 3. The Bertz CT molecular complexity index is 304. The first-order valence-corrected chi connectivity index (χ1v) is 5.39. The number of carbonyl (C=O) groups is 2. The normalized spacial score (nSPS) is 20.5. The molecule has 98 valence electrons. The molecule has 0 bridgehead atoms. The van der Waals surface area contributed by atoms with Crippen LogP contribution in [0.4, 0.5) is 13.2 Å². The van der Waals surface area contributed by atoms with Crippen molar-refractivity contribution in [1.82, 2.24) is 4.90 Å². The van der Waals surface area contributed by atoms with E-state index in [2.05, 4.69) is 0 Å². The molecule has 1 fully saturated rings. The monoisotopic (exact) mass is 253 g/mol. The second-order valence-electron chi connectivity index (χ2n) is 3.90. The molecule has 1 amide bonds. The molecule has 1 aliphatic heterocycles. The first-order chi connectivity index (χ1) is 7.86. The average molecular weight is 253 g/mol. The molecule has 17 heavy (non-hydrogen) atoms. The van der Waals surface area contributed by atoms with Gasteiger partial charge in [0.25, 0.3) is 0 Å². The summed E-state index contributed by atoms with van der Waals surface area (Å²) in [6.07, 6.45) is -3.99. The van der Waals surface area contributed by atoms with Crippen LogP contribution >= 0.6 is 0 Å². The predicted octanol–water partition coefficient (Wildman–Crippen LogP) is 1.35. The van der Waals surface area contributed by atoms with Crippen LogP contribution in [0.15, 0.2) is 0 Å². The molecule has 4 nitrogen and oxygen atoms in total. The quantitative estimate of drug-likeness (QED) is 0.713. The molecule has 1 saturated heterocycles. The molecular weight excluding hydrogens is 239 g/mol. The van der Waals surface area contributed by atoms with Crippen molar-refractivity contribution in [2.45, 2.75) is 25.9 Å². The van der Waals surface area contributed by atoms with Gasteiger partial charge in [0, 0.05) is 13.1 Å². The standard InChI is InChI=1S/C10H14F3NO3/c1-2-5-17-8(15)7-3-4-14(6-7)9(16)10(11,12)13/h7H,2-6H2,1H3. The average Bonchev–Trinajstić information content (AvgIpc) is 2.72. The van der Waals surface area contributed by atoms with Gasteiger partial charge < -0.3 is 9.64 Å². The Labute approximate surface area is 96.7 Å². The Hall–Kier alpha value is -1.27. The minimum absolute atomic E-state index is 0.0514. The molecule has 0 radical (unpaired) electrons. The number of hydrogen-bond acceptors (Lipinski definition) is 3. The third-order valence-corrected chi connectivity index (χ3v) is 2.50. The molecule has 1 heterocycles. The van der Waals surface area contributed by atoms with E-state index in [0.29, 0.717) is 11.3 Å². The van der Waals surface area contributed by atoms with Crippen molar-refractivity contribution in [3.05, 3.63) is 0 Å². The van der Waals surface area contributed by atoms with Crippen molar-refractivity contribution < 1.29 is 27.5 Å². The Morgan fingerprint density at radius 3 is 2.59 bits per heavy atom. The lowest BCUT2D eigenvalue weighted by Gasteiger charge is -2.17. The van der Waals surface area contributed by atoms with Gasteiger partial charge in [-0.3, -0.25) is 9.59 Å². The van der Waals surface area contributed by atoms with Crippen molar-refractivity contribution in [1.29, 1.82) is 0 Å². The second kappa shape index (κ2) is 5.37. The summed E-state index contributed by atoms with van der Waals surface area (Å²) in [7, 11) is 0. The molecule has 0 spiro atoms. The molecule has 0 aromatic heterocycles. The van der Waals surface area contributed by atoms with E-state index in [1.54, 1.807) is 0 Å². The molecule has 7 heteroatoms. The van der Waals surface area contributed by atoms with E-state index in [-0.39, 0.29) is 26.1 Å². The molecule has 1 rings (SSSR count). The molecule has 0 aromatic carbocycles. The Kier molecular flexibility index (Phi) is 4.36. The Morgan fingerprint density at radius 2 is 2.06 bits per heavy atom. The SMILES string of the molecule is CCCOC(=O)C1CCN(C(=O)C(F)(F)F)C1. The highest BCUT2D eigenvalue weighted by atomic mass is 19.4. The zero-order valence-corrected chi connectivity index (χ0v) is 9.42. The topological polar surface area (TPSA) is 46.6 Å². The maximum atomic E-state index is 12.1. The van der Waals surface area contributed by atoms with Gasteiger partial charge in [-0.2, -0.15) is 13.2 Å². The lowest BCUT2D eigenvalue weighted by atomic mass is 10.1. The van der Waals surface area contributed by atoms with Gasteiger partial charge >= 0.3 is 18.1 Å². The van der Waals surface area contributed by atoms with Crippen LogP contribution in [0.25, 0.3) is 0 Å². The number of nitrogens with zero attached hydrogens (tertiary/aromatic N) is 1. The first kappa shape index (κ1) is 13.8. The van der Waals surface area contributed by atoms with E-state index >= 15 is 0 Å². The lowest BCUT2D eigenvalue weighted by molar-refractivity contribution is -0.184. The predicted molar refractivity (Wildman–Crippen MR) is 52.0 cm³/mol. The smallest absolute Gasteiger partial charge is 0.465 e. The maximum Gasteiger partial charge on any atom is 0.471 e. The van der Waals surface area contributed by atoms with Gasteiger partial charge in [0.2, 0.25) is 0 Å². The van der Waals surface area contributed by atoms with E-state index in [9.17, 15) is 22.8 Å². The van der Waals surface area contributed by atoms with E-state index in [1.807, 2.05) is 6.92 Å². The number of ether oxygens (including phenoxy) is 1. The highest BCUT2D eigenvalue weighted by molar-refractivity contribution is 5.83. The highest BCUT2D eigenvalue weighted by Crippen LogP contribution is 2.24. The number of likely N-dealkylation sites (tertiary alicyclic amines) is 1. The van der Waals surface area contributed by atoms with Gasteiger partial charge in [0.05, 0.1) is 12.5 Å². The fourth-order valence-electron chi connectivity index (χ4n) is 1.64. The molecule has 0 aromatic rings. The molecular formula is C10H14F3NO3. The fourth-order valence-corrected chi connectivity index (χ4v) is 1.64. The van der Waals surface area contributed by atoms with Crippen LogP contribution < -0.4 is 0 Å². The summed E-state index contributed by atoms with van der Waals surface area (Å²) in [5.41, 5.74) is 0. The van der Waals surface area contributed by atoms with Crippen LogP contribution in [-0.2, 0) is 14.3 Å². The third kappa shape index (κ3) is 3.61. The van der Waals surface area contributed by atoms with Crippen LogP contribution in [0.3, 0.4) is 0 Å².